The van der Waals surface area contributed by atoms with Gasteiger partial charge in [-0.15, -0.1) is 0 Å². The number of aryl methyl sites for hydroxylation is 1. The van der Waals surface area contributed by atoms with Crippen molar-refractivity contribution in [2.45, 2.75) is 58.2 Å². The third kappa shape index (κ3) is 3.67. The SMILES string of the molecule is CC[C@H](C)[C@H](C(=O)N[C@H]1CCCc2c1[nH]c1ccc(OC)cc21)N1Cc2ccccc2C1=O. The Hall–Kier alpha value is -3.28. The average molecular weight is 446 g/mol. The molecular formula is C27H31N3O3. The van der Waals surface area contributed by atoms with E-state index < -0.39 is 6.04 Å². The lowest BCUT2D eigenvalue weighted by Gasteiger charge is -2.33. The molecule has 1 aliphatic heterocycles. The number of amides is 2. The molecule has 5 rings (SSSR count). The average Bonchev–Trinajstić information content (AvgIpc) is 3.37. The highest BCUT2D eigenvalue weighted by molar-refractivity contribution is 6.01. The third-order valence-electron chi connectivity index (χ3n) is 7.37. The Balaban J connectivity index is 1.43. The zero-order chi connectivity index (χ0) is 23.1. The summed E-state index contributed by atoms with van der Waals surface area (Å²) < 4.78 is 5.42. The van der Waals surface area contributed by atoms with E-state index in [0.717, 1.165) is 53.6 Å². The lowest BCUT2D eigenvalue weighted by atomic mass is 9.90. The summed E-state index contributed by atoms with van der Waals surface area (Å²) in [6.07, 6.45) is 3.68. The van der Waals surface area contributed by atoms with E-state index in [9.17, 15) is 9.59 Å². The van der Waals surface area contributed by atoms with Crippen LogP contribution in [0.3, 0.4) is 0 Å². The van der Waals surface area contributed by atoms with Crippen LogP contribution in [-0.2, 0) is 17.8 Å². The molecule has 2 N–H and O–H groups in total. The van der Waals surface area contributed by atoms with Crippen LogP contribution in [0.1, 0.15) is 66.3 Å². The van der Waals surface area contributed by atoms with Gasteiger partial charge in [-0.25, -0.2) is 0 Å². The van der Waals surface area contributed by atoms with Gasteiger partial charge in [0, 0.05) is 28.7 Å². The summed E-state index contributed by atoms with van der Waals surface area (Å²) in [5.41, 5.74) is 5.10. The molecule has 0 fully saturated rings. The van der Waals surface area contributed by atoms with Gasteiger partial charge in [0.05, 0.1) is 13.2 Å². The maximum Gasteiger partial charge on any atom is 0.255 e. The largest absolute Gasteiger partial charge is 0.497 e. The molecule has 2 heterocycles. The van der Waals surface area contributed by atoms with E-state index in [1.54, 1.807) is 12.0 Å². The summed E-state index contributed by atoms with van der Waals surface area (Å²) in [6.45, 7) is 4.62. The number of H-pyrrole nitrogens is 1. The van der Waals surface area contributed by atoms with E-state index in [-0.39, 0.29) is 23.8 Å². The van der Waals surface area contributed by atoms with Crippen molar-refractivity contribution in [3.63, 3.8) is 0 Å². The Morgan fingerprint density at radius 1 is 1.27 bits per heavy atom. The van der Waals surface area contributed by atoms with E-state index in [2.05, 4.69) is 30.2 Å². The summed E-state index contributed by atoms with van der Waals surface area (Å²) in [5.74, 6) is 0.769. The number of carbonyl (C=O) groups is 2. The Bertz CT molecular complexity index is 1210. The minimum Gasteiger partial charge on any atom is -0.497 e. The molecule has 172 valence electrons. The number of methoxy groups -OCH3 is 1. The van der Waals surface area contributed by atoms with Crippen molar-refractivity contribution in [1.82, 2.24) is 15.2 Å². The first-order chi connectivity index (χ1) is 16.0. The van der Waals surface area contributed by atoms with Crippen molar-refractivity contribution >= 4 is 22.7 Å². The number of hydrogen-bond donors (Lipinski definition) is 2. The second-order valence-corrected chi connectivity index (χ2v) is 9.30. The summed E-state index contributed by atoms with van der Waals surface area (Å²) in [6, 6.07) is 13.1. The van der Waals surface area contributed by atoms with Gasteiger partial charge in [-0.2, -0.15) is 0 Å². The summed E-state index contributed by atoms with van der Waals surface area (Å²) in [4.78, 5) is 32.1. The maximum atomic E-state index is 13.7. The molecule has 0 spiro atoms. The Morgan fingerprint density at radius 2 is 2.09 bits per heavy atom. The van der Waals surface area contributed by atoms with E-state index in [4.69, 9.17) is 4.74 Å². The lowest BCUT2D eigenvalue weighted by Crippen LogP contribution is -2.51. The van der Waals surface area contributed by atoms with Crippen LogP contribution in [0, 0.1) is 5.92 Å². The minimum atomic E-state index is -0.496. The van der Waals surface area contributed by atoms with Gasteiger partial charge in [-0.05, 0) is 60.6 Å². The lowest BCUT2D eigenvalue weighted by molar-refractivity contribution is -0.128. The topological polar surface area (TPSA) is 74.4 Å². The van der Waals surface area contributed by atoms with Crippen LogP contribution < -0.4 is 10.1 Å². The third-order valence-corrected chi connectivity index (χ3v) is 7.37. The first-order valence-corrected chi connectivity index (χ1v) is 11.9. The predicted octanol–water partition coefficient (Wildman–Crippen LogP) is 4.74. The molecule has 0 saturated heterocycles. The zero-order valence-corrected chi connectivity index (χ0v) is 19.5. The van der Waals surface area contributed by atoms with Gasteiger partial charge in [-0.1, -0.05) is 38.5 Å². The van der Waals surface area contributed by atoms with Crippen molar-refractivity contribution < 1.29 is 14.3 Å². The number of nitrogens with zero attached hydrogens (tertiary/aromatic N) is 1. The minimum absolute atomic E-state index is 0.0481. The number of rotatable bonds is 6. The number of aromatic nitrogens is 1. The summed E-state index contributed by atoms with van der Waals surface area (Å²) in [7, 11) is 1.68. The van der Waals surface area contributed by atoms with Crippen molar-refractivity contribution in [3.05, 3.63) is 64.8 Å². The number of carbonyl (C=O) groups excluding carboxylic acids is 2. The standard InChI is InChI=1S/C27H31N3O3/c1-4-16(2)25(30-15-17-8-5-6-9-19(17)27(30)32)26(31)29-23-11-7-10-20-21-14-18(33-3)12-13-22(21)28-24(20)23/h5-6,8-9,12-14,16,23,25,28H,4,7,10-11,15H2,1-3H3,(H,29,31)/t16-,23-,25+/m0/s1. The number of hydrogen-bond acceptors (Lipinski definition) is 3. The highest BCUT2D eigenvalue weighted by Gasteiger charge is 2.40. The van der Waals surface area contributed by atoms with Crippen molar-refractivity contribution in [1.29, 1.82) is 0 Å². The fraction of sp³-hybridized carbons (Fsp3) is 0.407. The first kappa shape index (κ1) is 21.6. The number of fused-ring (bicyclic) bond motifs is 4. The number of nitrogens with one attached hydrogen (secondary N) is 2. The molecule has 3 aromatic rings. The van der Waals surface area contributed by atoms with Crippen LogP contribution >= 0.6 is 0 Å². The van der Waals surface area contributed by atoms with Crippen LogP contribution in [0.15, 0.2) is 42.5 Å². The molecule has 0 radical (unpaired) electrons. The number of ether oxygens (including phenoxy) is 1. The van der Waals surface area contributed by atoms with E-state index in [1.165, 1.54) is 5.56 Å². The first-order valence-electron chi connectivity index (χ1n) is 11.9. The number of benzene rings is 2. The Labute approximate surface area is 194 Å². The molecule has 2 aromatic carbocycles. The zero-order valence-electron chi connectivity index (χ0n) is 19.5. The van der Waals surface area contributed by atoms with Crippen LogP contribution in [0.2, 0.25) is 0 Å². The molecule has 1 aromatic heterocycles. The van der Waals surface area contributed by atoms with Gasteiger partial charge in [0.25, 0.3) is 5.91 Å². The smallest absolute Gasteiger partial charge is 0.255 e. The van der Waals surface area contributed by atoms with Crippen LogP contribution in [0.5, 0.6) is 5.75 Å². The molecule has 6 nitrogen and oxygen atoms in total. The molecule has 2 aliphatic rings. The molecule has 0 unspecified atom stereocenters. The van der Waals surface area contributed by atoms with E-state index in [1.807, 2.05) is 36.4 Å². The second-order valence-electron chi connectivity index (χ2n) is 9.30. The fourth-order valence-electron chi connectivity index (χ4n) is 5.40. The van der Waals surface area contributed by atoms with Gasteiger partial charge in [0.1, 0.15) is 11.8 Å². The highest BCUT2D eigenvalue weighted by Crippen LogP contribution is 2.37. The van der Waals surface area contributed by atoms with Crippen LogP contribution in [0.4, 0.5) is 0 Å². The van der Waals surface area contributed by atoms with Crippen molar-refractivity contribution in [3.8, 4) is 5.75 Å². The Kier molecular flexibility index (Phi) is 5.60. The van der Waals surface area contributed by atoms with Gasteiger partial charge in [-0.3, -0.25) is 9.59 Å². The molecular weight excluding hydrogens is 414 g/mol. The quantitative estimate of drug-likeness (QED) is 0.575. The number of aromatic amines is 1. The van der Waals surface area contributed by atoms with Gasteiger partial charge < -0.3 is 19.9 Å². The normalized spacial score (nSPS) is 19.2. The van der Waals surface area contributed by atoms with E-state index in [0.29, 0.717) is 12.1 Å². The summed E-state index contributed by atoms with van der Waals surface area (Å²) >= 11 is 0. The van der Waals surface area contributed by atoms with Crippen LogP contribution in [0.25, 0.3) is 10.9 Å². The monoisotopic (exact) mass is 445 g/mol. The molecule has 2 amide bonds. The summed E-state index contributed by atoms with van der Waals surface area (Å²) in [5, 5.41) is 4.47. The van der Waals surface area contributed by atoms with Crippen molar-refractivity contribution in [2.75, 3.05) is 7.11 Å². The molecule has 3 atom stereocenters. The second kappa shape index (κ2) is 8.58. The molecule has 0 saturated carbocycles. The molecule has 33 heavy (non-hydrogen) atoms. The molecule has 6 heteroatoms. The molecule has 0 bridgehead atoms. The highest BCUT2D eigenvalue weighted by atomic mass is 16.5. The Morgan fingerprint density at radius 3 is 2.85 bits per heavy atom. The van der Waals surface area contributed by atoms with Gasteiger partial charge in [0.15, 0.2) is 0 Å². The molecule has 1 aliphatic carbocycles. The van der Waals surface area contributed by atoms with Gasteiger partial charge in [0.2, 0.25) is 5.91 Å². The van der Waals surface area contributed by atoms with Crippen molar-refractivity contribution in [2.24, 2.45) is 5.92 Å². The van der Waals surface area contributed by atoms with Gasteiger partial charge >= 0.3 is 0 Å². The van der Waals surface area contributed by atoms with Crippen LogP contribution in [-0.4, -0.2) is 34.8 Å². The maximum absolute atomic E-state index is 13.7. The fourth-order valence-corrected chi connectivity index (χ4v) is 5.40. The predicted molar refractivity (Wildman–Crippen MR) is 128 cm³/mol. The van der Waals surface area contributed by atoms with E-state index >= 15 is 0 Å².